The molecule has 16 heteroatoms. The van der Waals surface area contributed by atoms with E-state index in [1.807, 2.05) is 0 Å². The number of halogens is 12. The van der Waals surface area contributed by atoms with Crippen molar-refractivity contribution in [2.45, 2.75) is 20.8 Å². The lowest BCUT2D eigenvalue weighted by molar-refractivity contribution is 0.442. The Balaban J connectivity index is 2.71. The molecule has 0 aliphatic carbocycles. The number of rotatable bonds is 5. The molecule has 0 aliphatic heterocycles. The lowest BCUT2D eigenvalue weighted by Crippen LogP contribution is -2.09. The molecule has 0 amide bonds. The van der Waals surface area contributed by atoms with Crippen molar-refractivity contribution in [1.29, 1.82) is 21.0 Å². The second-order valence-electron chi connectivity index (χ2n) is 9.31. The molecule has 0 aromatic heterocycles. The van der Waals surface area contributed by atoms with Crippen LogP contribution in [0.25, 0.3) is 16.7 Å². The fourth-order valence-corrected chi connectivity index (χ4v) is 4.30. The van der Waals surface area contributed by atoms with Crippen molar-refractivity contribution in [3.8, 4) is 24.3 Å². The molecular weight excluding hydrogens is 656 g/mol. The third-order valence-corrected chi connectivity index (χ3v) is 6.88. The van der Waals surface area contributed by atoms with Gasteiger partial charge in [-0.05, 0) is 43.6 Å². The lowest BCUT2D eigenvalue weighted by atomic mass is 9.87. The second-order valence-corrected chi connectivity index (χ2v) is 9.31. The summed E-state index contributed by atoms with van der Waals surface area (Å²) in [6.45, 7) is 1.93. The highest BCUT2D eigenvalue weighted by Gasteiger charge is 2.32. The van der Waals surface area contributed by atoms with E-state index in [-0.39, 0.29) is 6.08 Å². The summed E-state index contributed by atoms with van der Waals surface area (Å²) in [7, 11) is 0. The fourth-order valence-electron chi connectivity index (χ4n) is 4.30. The van der Waals surface area contributed by atoms with E-state index in [2.05, 4.69) is 0 Å². The first-order valence-electron chi connectivity index (χ1n) is 12.2. The molecule has 3 aromatic carbocycles. The van der Waals surface area contributed by atoms with Crippen LogP contribution in [0.1, 0.15) is 47.2 Å². The minimum Gasteiger partial charge on any atom is -0.203 e. The number of benzene rings is 3. The standard InChI is InChI=1S/C31H10F12N4/c1-9(10(2)17-26(38)22(34)15(7-46)23(35)27(17)39)13(4-12(5-44)18-28(40)20(32)11(3)21(33)29(18)41)14(6-45)19-30(42)24(36)16(8-47)25(37)31(19)43/h4H,1-3H3/b10-9?,12-4+,14-13+. The summed E-state index contributed by atoms with van der Waals surface area (Å²) in [5.41, 5.74) is -16.5. The van der Waals surface area contributed by atoms with Crippen molar-refractivity contribution in [2.24, 2.45) is 0 Å². The molecule has 0 aliphatic rings. The predicted molar refractivity (Wildman–Crippen MR) is 137 cm³/mol. The molecule has 0 bridgehead atoms. The highest BCUT2D eigenvalue weighted by Crippen LogP contribution is 2.39. The van der Waals surface area contributed by atoms with Gasteiger partial charge in [-0.3, -0.25) is 0 Å². The molecule has 3 rings (SSSR count). The van der Waals surface area contributed by atoms with Gasteiger partial charge in [0.05, 0.1) is 33.9 Å². The molecule has 0 saturated heterocycles. The molecule has 0 N–H and O–H groups in total. The molecule has 0 heterocycles. The summed E-state index contributed by atoms with van der Waals surface area (Å²) in [5, 5.41) is 37.3. The fraction of sp³-hybridized carbons (Fsp3) is 0.0968. The highest BCUT2D eigenvalue weighted by atomic mass is 19.2. The van der Waals surface area contributed by atoms with E-state index >= 15 is 8.78 Å². The van der Waals surface area contributed by atoms with Crippen molar-refractivity contribution in [3.05, 3.63) is 120 Å². The Morgan fingerprint density at radius 2 is 0.851 bits per heavy atom. The molecule has 0 saturated carbocycles. The third-order valence-electron chi connectivity index (χ3n) is 6.88. The van der Waals surface area contributed by atoms with Crippen LogP contribution in [0.2, 0.25) is 0 Å². The van der Waals surface area contributed by atoms with E-state index in [1.54, 1.807) is 0 Å². The molecule has 0 fully saturated rings. The maximum absolute atomic E-state index is 15.1. The van der Waals surface area contributed by atoms with E-state index < -0.39 is 131 Å². The first-order valence-corrected chi connectivity index (χ1v) is 12.2. The summed E-state index contributed by atoms with van der Waals surface area (Å²) in [4.78, 5) is 0. The topological polar surface area (TPSA) is 95.2 Å². The Hall–Kier alpha value is -6.00. The van der Waals surface area contributed by atoms with Gasteiger partial charge in [-0.25, -0.2) is 52.7 Å². The van der Waals surface area contributed by atoms with Crippen LogP contribution in [0.4, 0.5) is 52.7 Å². The average Bonchev–Trinajstić information content (AvgIpc) is 3.05. The molecule has 0 atom stereocenters. The molecule has 238 valence electrons. The van der Waals surface area contributed by atoms with Crippen LogP contribution in [0, 0.1) is 122 Å². The Kier molecular flexibility index (Phi) is 9.93. The Labute approximate surface area is 256 Å². The molecule has 0 spiro atoms. The zero-order valence-electron chi connectivity index (χ0n) is 23.4. The van der Waals surface area contributed by atoms with Crippen molar-refractivity contribution >= 4 is 16.7 Å². The van der Waals surface area contributed by atoms with Crippen LogP contribution in [-0.4, -0.2) is 0 Å². The maximum atomic E-state index is 15.1. The highest BCUT2D eigenvalue weighted by molar-refractivity contribution is 5.92. The van der Waals surface area contributed by atoms with Gasteiger partial charge in [0.25, 0.3) is 0 Å². The zero-order valence-corrected chi connectivity index (χ0v) is 23.4. The van der Waals surface area contributed by atoms with Gasteiger partial charge in [0.15, 0.2) is 69.8 Å². The minimum absolute atomic E-state index is 0.0756. The Morgan fingerprint density at radius 1 is 0.489 bits per heavy atom. The minimum atomic E-state index is -2.44. The Morgan fingerprint density at radius 3 is 1.19 bits per heavy atom. The predicted octanol–water partition coefficient (Wildman–Crippen LogP) is 8.79. The van der Waals surface area contributed by atoms with Crippen LogP contribution in [0.5, 0.6) is 0 Å². The van der Waals surface area contributed by atoms with Crippen LogP contribution in [-0.2, 0) is 0 Å². The first-order chi connectivity index (χ1) is 21.9. The summed E-state index contributed by atoms with van der Waals surface area (Å²) >= 11 is 0. The van der Waals surface area contributed by atoms with Crippen molar-refractivity contribution in [3.63, 3.8) is 0 Å². The van der Waals surface area contributed by atoms with Gasteiger partial charge in [0, 0.05) is 5.56 Å². The van der Waals surface area contributed by atoms with Gasteiger partial charge < -0.3 is 0 Å². The zero-order chi connectivity index (χ0) is 35.8. The molecule has 4 nitrogen and oxygen atoms in total. The van der Waals surface area contributed by atoms with Gasteiger partial charge in [-0.2, -0.15) is 21.0 Å². The molecule has 0 radical (unpaired) electrons. The van der Waals surface area contributed by atoms with Crippen molar-refractivity contribution in [2.75, 3.05) is 0 Å². The monoisotopic (exact) mass is 666 g/mol. The maximum Gasteiger partial charge on any atom is 0.180 e. The largest absolute Gasteiger partial charge is 0.203 e. The van der Waals surface area contributed by atoms with Gasteiger partial charge in [0.1, 0.15) is 29.3 Å². The number of allylic oxidation sites excluding steroid dienone is 6. The lowest BCUT2D eigenvalue weighted by Gasteiger charge is -2.17. The van der Waals surface area contributed by atoms with Crippen molar-refractivity contribution in [1.82, 2.24) is 0 Å². The SMILES string of the molecule is CC(=C(C)c1c(F)c(F)c(C#N)c(F)c1F)C(/C=C(\C#N)c1c(F)c(F)c(C)c(F)c1F)=C(\C#N)c1c(F)c(F)c(C#N)c(F)c1F. The van der Waals surface area contributed by atoms with E-state index in [0.717, 1.165) is 24.3 Å². The number of nitriles is 4. The van der Waals surface area contributed by atoms with E-state index in [4.69, 9.17) is 10.5 Å². The van der Waals surface area contributed by atoms with Crippen LogP contribution < -0.4 is 0 Å². The number of nitrogens with zero attached hydrogens (tertiary/aromatic N) is 4. The number of hydrogen-bond donors (Lipinski definition) is 0. The van der Waals surface area contributed by atoms with Gasteiger partial charge >= 0.3 is 0 Å². The molecule has 47 heavy (non-hydrogen) atoms. The second kappa shape index (κ2) is 13.2. The summed E-state index contributed by atoms with van der Waals surface area (Å²) < 4.78 is 177. The molecule has 3 aromatic rings. The molecular formula is C31H10F12N4. The first kappa shape index (κ1) is 35.5. The van der Waals surface area contributed by atoms with Gasteiger partial charge in [0.2, 0.25) is 0 Å². The summed E-state index contributed by atoms with van der Waals surface area (Å²) in [6.07, 6.45) is 0.0756. The van der Waals surface area contributed by atoms with Crippen molar-refractivity contribution < 1.29 is 52.7 Å². The third kappa shape index (κ3) is 5.55. The normalized spacial score (nSPS) is 12.4. The van der Waals surface area contributed by atoms with Gasteiger partial charge in [-0.15, -0.1) is 0 Å². The average molecular weight is 666 g/mol. The molecule has 0 unspecified atom stereocenters. The summed E-state index contributed by atoms with van der Waals surface area (Å²) in [5.74, 6) is -27.1. The quantitative estimate of drug-likeness (QED) is 0.118. The smallest absolute Gasteiger partial charge is 0.180 e. The van der Waals surface area contributed by atoms with Gasteiger partial charge in [-0.1, -0.05) is 0 Å². The van der Waals surface area contributed by atoms with Crippen LogP contribution in [0.3, 0.4) is 0 Å². The van der Waals surface area contributed by atoms with Crippen LogP contribution >= 0.6 is 0 Å². The summed E-state index contributed by atoms with van der Waals surface area (Å²) in [6, 6.07) is 3.85. The Bertz CT molecular complexity index is 2100. The van der Waals surface area contributed by atoms with E-state index in [9.17, 15) is 54.4 Å². The van der Waals surface area contributed by atoms with E-state index in [1.165, 1.54) is 0 Å². The van der Waals surface area contributed by atoms with Crippen LogP contribution in [0.15, 0.2) is 17.2 Å². The van der Waals surface area contributed by atoms with E-state index in [0.29, 0.717) is 20.8 Å². The number of hydrogen-bond acceptors (Lipinski definition) is 4.